The van der Waals surface area contributed by atoms with Crippen molar-refractivity contribution < 1.29 is 0 Å². The van der Waals surface area contributed by atoms with E-state index in [0.717, 1.165) is 25.7 Å². The van der Waals surface area contributed by atoms with Crippen LogP contribution in [-0.4, -0.2) is 9.55 Å². The largest absolute Gasteiger partial charge is 0.330 e. The molecular formula is C14H21ClN2O2. The van der Waals surface area contributed by atoms with E-state index in [2.05, 4.69) is 4.98 Å². The van der Waals surface area contributed by atoms with Gasteiger partial charge < -0.3 is 0 Å². The molecule has 19 heavy (non-hydrogen) atoms. The van der Waals surface area contributed by atoms with E-state index in [4.69, 9.17) is 11.6 Å². The van der Waals surface area contributed by atoms with Gasteiger partial charge in [-0.25, -0.2) is 4.79 Å². The van der Waals surface area contributed by atoms with Gasteiger partial charge in [-0.05, 0) is 25.7 Å². The molecule has 0 radical (unpaired) electrons. The molecular weight excluding hydrogens is 264 g/mol. The number of H-pyrrole nitrogens is 1. The molecule has 1 aromatic heterocycles. The Balaban J connectivity index is 2.67. The van der Waals surface area contributed by atoms with Crippen molar-refractivity contribution in [2.24, 2.45) is 0 Å². The number of rotatable bonds is 2. The van der Waals surface area contributed by atoms with Crippen molar-refractivity contribution in [1.29, 1.82) is 0 Å². The zero-order valence-corrected chi connectivity index (χ0v) is 12.5. The number of nitrogens with one attached hydrogen (secondary N) is 1. The molecule has 0 spiro atoms. The quantitative estimate of drug-likeness (QED) is 0.849. The Morgan fingerprint density at radius 2 is 1.79 bits per heavy atom. The second-order valence-corrected chi connectivity index (χ2v) is 6.39. The molecule has 1 aliphatic carbocycles. The first-order valence-electron chi connectivity index (χ1n) is 6.92. The minimum atomic E-state index is -0.385. The van der Waals surface area contributed by atoms with E-state index in [-0.39, 0.29) is 27.9 Å². The van der Waals surface area contributed by atoms with Gasteiger partial charge in [0.1, 0.15) is 5.15 Å². The van der Waals surface area contributed by atoms with Gasteiger partial charge in [-0.1, -0.05) is 44.7 Å². The van der Waals surface area contributed by atoms with Gasteiger partial charge in [-0.3, -0.25) is 14.3 Å². The fourth-order valence-corrected chi connectivity index (χ4v) is 3.43. The van der Waals surface area contributed by atoms with E-state index < -0.39 is 0 Å². The molecule has 1 N–H and O–H groups in total. The van der Waals surface area contributed by atoms with Crippen LogP contribution in [0.5, 0.6) is 0 Å². The van der Waals surface area contributed by atoms with Crippen LogP contribution in [0.2, 0.25) is 5.15 Å². The van der Waals surface area contributed by atoms with Crippen molar-refractivity contribution in [1.82, 2.24) is 9.55 Å². The molecule has 106 valence electrons. The molecule has 0 bridgehead atoms. The number of hydrogen-bond donors (Lipinski definition) is 1. The molecule has 1 saturated carbocycles. The van der Waals surface area contributed by atoms with Gasteiger partial charge >= 0.3 is 5.69 Å². The lowest BCUT2D eigenvalue weighted by Gasteiger charge is -2.35. The molecule has 4 nitrogen and oxygen atoms in total. The maximum Gasteiger partial charge on any atom is 0.330 e. The highest BCUT2D eigenvalue weighted by Crippen LogP contribution is 2.32. The highest BCUT2D eigenvalue weighted by molar-refractivity contribution is 6.30. The molecule has 0 aliphatic heterocycles. The SMILES string of the molecule is CC(C)c1c(Cl)[nH]c(=O)n(C2(C)CCCCC2)c1=O. The van der Waals surface area contributed by atoms with Gasteiger partial charge in [0.25, 0.3) is 5.56 Å². The Kier molecular flexibility index (Phi) is 3.90. The van der Waals surface area contributed by atoms with E-state index in [1.165, 1.54) is 11.0 Å². The van der Waals surface area contributed by atoms with Crippen LogP contribution in [0.25, 0.3) is 0 Å². The van der Waals surface area contributed by atoms with Crippen molar-refractivity contribution in [2.45, 2.75) is 64.3 Å². The maximum absolute atomic E-state index is 12.6. The molecule has 0 unspecified atom stereocenters. The van der Waals surface area contributed by atoms with Crippen molar-refractivity contribution in [2.75, 3.05) is 0 Å². The summed E-state index contributed by atoms with van der Waals surface area (Å²) in [5.74, 6) is -0.00436. The fraction of sp³-hybridized carbons (Fsp3) is 0.714. The van der Waals surface area contributed by atoms with E-state index in [1.807, 2.05) is 20.8 Å². The van der Waals surface area contributed by atoms with Gasteiger partial charge in [0.2, 0.25) is 0 Å². The first kappa shape index (κ1) is 14.4. The number of hydrogen-bond acceptors (Lipinski definition) is 2. The number of aromatic nitrogens is 2. The van der Waals surface area contributed by atoms with Crippen LogP contribution in [0.3, 0.4) is 0 Å². The minimum Gasteiger partial charge on any atom is -0.297 e. The van der Waals surface area contributed by atoms with Gasteiger partial charge in [-0.15, -0.1) is 0 Å². The molecule has 0 amide bonds. The van der Waals surface area contributed by atoms with E-state index in [1.54, 1.807) is 0 Å². The second-order valence-electron chi connectivity index (χ2n) is 6.01. The lowest BCUT2D eigenvalue weighted by molar-refractivity contribution is 0.203. The summed E-state index contributed by atoms with van der Waals surface area (Å²) in [6, 6.07) is 0. The summed E-state index contributed by atoms with van der Waals surface area (Å²) in [4.78, 5) is 27.4. The Hall–Kier alpha value is -1.03. The van der Waals surface area contributed by atoms with Crippen molar-refractivity contribution in [3.63, 3.8) is 0 Å². The van der Waals surface area contributed by atoms with Crippen LogP contribution >= 0.6 is 11.6 Å². The Labute approximate surface area is 117 Å². The van der Waals surface area contributed by atoms with Crippen LogP contribution in [0.15, 0.2) is 9.59 Å². The highest BCUT2D eigenvalue weighted by Gasteiger charge is 2.33. The maximum atomic E-state index is 12.6. The summed E-state index contributed by atoms with van der Waals surface area (Å²) in [6.07, 6.45) is 5.03. The van der Waals surface area contributed by atoms with Crippen LogP contribution in [0.4, 0.5) is 0 Å². The summed E-state index contributed by atoms with van der Waals surface area (Å²) in [5, 5.41) is 0.181. The standard InChI is InChI=1S/C14H21ClN2O2/c1-9(2)10-11(15)16-13(19)17(12(10)18)14(3)7-5-4-6-8-14/h9H,4-8H2,1-3H3,(H,16,19). The van der Waals surface area contributed by atoms with Crippen LogP contribution < -0.4 is 11.2 Å². The molecule has 1 aliphatic rings. The molecule has 0 aromatic carbocycles. The normalized spacial score (nSPS) is 18.8. The molecule has 0 saturated heterocycles. The van der Waals surface area contributed by atoms with Crippen molar-refractivity contribution >= 4 is 11.6 Å². The first-order chi connectivity index (χ1) is 8.87. The van der Waals surface area contributed by atoms with Crippen LogP contribution in [-0.2, 0) is 5.54 Å². The Morgan fingerprint density at radius 3 is 2.32 bits per heavy atom. The van der Waals surface area contributed by atoms with Crippen molar-refractivity contribution in [3.8, 4) is 0 Å². The molecule has 0 atom stereocenters. The van der Waals surface area contributed by atoms with Crippen molar-refractivity contribution in [3.05, 3.63) is 31.6 Å². The Bertz CT molecular complexity index is 580. The third kappa shape index (κ3) is 2.50. The molecule has 5 heteroatoms. The molecule has 1 fully saturated rings. The third-order valence-electron chi connectivity index (χ3n) is 4.14. The zero-order chi connectivity index (χ0) is 14.2. The van der Waals surface area contributed by atoms with Gasteiger partial charge in [0, 0.05) is 5.54 Å². The average molecular weight is 285 g/mol. The van der Waals surface area contributed by atoms with Gasteiger partial charge in [-0.2, -0.15) is 0 Å². The molecule has 1 aromatic rings. The summed E-state index contributed by atoms with van der Waals surface area (Å²) >= 11 is 6.02. The smallest absolute Gasteiger partial charge is 0.297 e. The summed E-state index contributed by atoms with van der Waals surface area (Å²) in [5.41, 5.74) is -0.484. The number of halogens is 1. The van der Waals surface area contributed by atoms with Gasteiger partial charge in [0.05, 0.1) is 5.56 Å². The second kappa shape index (κ2) is 5.16. The zero-order valence-electron chi connectivity index (χ0n) is 11.8. The first-order valence-corrected chi connectivity index (χ1v) is 7.30. The van der Waals surface area contributed by atoms with Crippen LogP contribution in [0.1, 0.15) is 64.4 Å². The van der Waals surface area contributed by atoms with Gasteiger partial charge in [0.15, 0.2) is 0 Å². The lowest BCUT2D eigenvalue weighted by atomic mass is 9.83. The summed E-state index contributed by atoms with van der Waals surface area (Å²) < 4.78 is 1.40. The summed E-state index contributed by atoms with van der Waals surface area (Å²) in [7, 11) is 0. The van der Waals surface area contributed by atoms with Crippen LogP contribution in [0, 0.1) is 0 Å². The minimum absolute atomic E-state index is 0.00436. The predicted octanol–water partition coefficient (Wildman–Crippen LogP) is 2.99. The predicted molar refractivity (Wildman–Crippen MR) is 77.2 cm³/mol. The number of aromatic amines is 1. The molecule has 1 heterocycles. The summed E-state index contributed by atoms with van der Waals surface area (Å²) in [6.45, 7) is 5.82. The fourth-order valence-electron chi connectivity index (χ4n) is 3.05. The van der Waals surface area contributed by atoms with E-state index in [0.29, 0.717) is 5.56 Å². The van der Waals surface area contributed by atoms with E-state index >= 15 is 0 Å². The third-order valence-corrected chi connectivity index (χ3v) is 4.44. The molecule has 2 rings (SSSR count). The van der Waals surface area contributed by atoms with E-state index in [9.17, 15) is 9.59 Å². The topological polar surface area (TPSA) is 54.9 Å². The monoisotopic (exact) mass is 284 g/mol. The number of nitrogens with zero attached hydrogens (tertiary/aromatic N) is 1. The lowest BCUT2D eigenvalue weighted by Crippen LogP contribution is -2.50. The Morgan fingerprint density at radius 1 is 1.21 bits per heavy atom. The average Bonchev–Trinajstić information content (AvgIpc) is 2.27. The highest BCUT2D eigenvalue weighted by atomic mass is 35.5.